The first-order valence-electron chi connectivity index (χ1n) is 10.9. The molecule has 150 valence electrons. The van der Waals surface area contributed by atoms with Crippen molar-refractivity contribution in [1.29, 1.82) is 0 Å². The lowest BCUT2D eigenvalue weighted by Crippen LogP contribution is -2.34. The van der Waals surface area contributed by atoms with Crippen LogP contribution in [0, 0.1) is 29.6 Å². The quantitative estimate of drug-likeness (QED) is 0.681. The Morgan fingerprint density at radius 1 is 1.25 bits per heavy atom. The largest absolute Gasteiger partial charge is 0.477 e. The highest BCUT2D eigenvalue weighted by Crippen LogP contribution is 2.42. The van der Waals surface area contributed by atoms with Crippen molar-refractivity contribution in [2.75, 3.05) is 19.6 Å². The molecule has 1 aliphatic heterocycles. The first-order valence-corrected chi connectivity index (χ1v) is 11.7. The minimum Gasteiger partial charge on any atom is -0.477 e. The van der Waals surface area contributed by atoms with Crippen LogP contribution >= 0.6 is 11.3 Å². The smallest absolute Gasteiger partial charge is 0.346 e. The average molecular weight is 398 g/mol. The Kier molecular flexibility index (Phi) is 5.94. The number of likely N-dealkylation sites (N-methyl/N-ethyl adjacent to an activating group) is 1. The van der Waals surface area contributed by atoms with Crippen molar-refractivity contribution in [2.24, 2.45) is 17.8 Å². The predicted octanol–water partition coefficient (Wildman–Crippen LogP) is 5.51. The Labute approximate surface area is 172 Å². The van der Waals surface area contributed by atoms with E-state index in [1.807, 2.05) is 0 Å². The second kappa shape index (κ2) is 8.43. The molecule has 0 atom stereocenters. The van der Waals surface area contributed by atoms with E-state index in [-0.39, 0.29) is 0 Å². The summed E-state index contributed by atoms with van der Waals surface area (Å²) in [5, 5.41) is 9.86. The van der Waals surface area contributed by atoms with E-state index in [1.54, 1.807) is 0 Å². The number of carboxylic acids is 1. The van der Waals surface area contributed by atoms with Gasteiger partial charge in [0.2, 0.25) is 0 Å². The molecule has 0 spiro atoms. The monoisotopic (exact) mass is 397 g/mol. The molecule has 2 aliphatic carbocycles. The second-order valence-electron chi connectivity index (χ2n) is 8.78. The van der Waals surface area contributed by atoms with Crippen molar-refractivity contribution in [3.8, 4) is 11.8 Å². The molecule has 1 aromatic rings. The first kappa shape index (κ1) is 19.7. The Hall–Kier alpha value is -1.57. The highest BCUT2D eigenvalue weighted by atomic mass is 32.1. The molecule has 0 unspecified atom stereocenters. The number of carboxylic acid groups (broad SMARTS) is 1. The Bertz CT molecular complexity index is 829. The summed E-state index contributed by atoms with van der Waals surface area (Å²) in [4.78, 5) is 15.9. The minimum atomic E-state index is -0.804. The molecule has 1 N–H and O–H groups in total. The van der Waals surface area contributed by atoms with Gasteiger partial charge in [-0.2, -0.15) is 0 Å². The maximum atomic E-state index is 12.0. The second-order valence-corrected chi connectivity index (χ2v) is 9.83. The molecule has 4 rings (SSSR count). The summed E-state index contributed by atoms with van der Waals surface area (Å²) in [5.74, 6) is 7.72. The Morgan fingerprint density at radius 2 is 2.00 bits per heavy atom. The third kappa shape index (κ3) is 4.36. The van der Waals surface area contributed by atoms with Gasteiger partial charge >= 0.3 is 5.97 Å². The summed E-state index contributed by atoms with van der Waals surface area (Å²) in [6.45, 7) is 7.67. The zero-order valence-electron chi connectivity index (χ0n) is 17.1. The van der Waals surface area contributed by atoms with Crippen LogP contribution < -0.4 is 0 Å². The SMILES string of the molecule is CCN1CCC(c2cc(C#CC3CC3)sc2C(=O)O)=C(C2CCC(C)CC2)C1. The maximum absolute atomic E-state index is 12.0. The predicted molar refractivity (Wildman–Crippen MR) is 116 cm³/mol. The molecule has 2 fully saturated rings. The van der Waals surface area contributed by atoms with Crippen LogP contribution in [0.4, 0.5) is 0 Å². The molecule has 0 amide bonds. The van der Waals surface area contributed by atoms with E-state index < -0.39 is 5.97 Å². The Balaban J connectivity index is 1.72. The van der Waals surface area contributed by atoms with Crippen LogP contribution in [-0.4, -0.2) is 35.6 Å². The summed E-state index contributed by atoms with van der Waals surface area (Å²) in [7, 11) is 0. The van der Waals surface area contributed by atoms with E-state index in [0.29, 0.717) is 16.7 Å². The fourth-order valence-electron chi connectivity index (χ4n) is 4.64. The summed E-state index contributed by atoms with van der Waals surface area (Å²) >= 11 is 1.37. The molecule has 3 aliphatic rings. The number of hydrogen-bond acceptors (Lipinski definition) is 3. The van der Waals surface area contributed by atoms with E-state index in [1.165, 1.54) is 61.0 Å². The standard InChI is InChI=1S/C24H31NO2S/c1-3-25-13-12-20(22(15-25)18-9-4-16(2)5-10-18)21-14-19(11-8-17-6-7-17)28-23(21)24(26)27/h14,16-18H,3-7,9-10,12-13,15H2,1-2H3,(H,26,27). The minimum absolute atomic E-state index is 0.488. The van der Waals surface area contributed by atoms with Gasteiger partial charge < -0.3 is 5.11 Å². The van der Waals surface area contributed by atoms with Crippen molar-refractivity contribution < 1.29 is 9.90 Å². The summed E-state index contributed by atoms with van der Waals surface area (Å²) in [5.41, 5.74) is 3.79. The number of hydrogen-bond donors (Lipinski definition) is 1. The number of aromatic carboxylic acids is 1. The normalized spacial score (nSPS) is 26.1. The van der Waals surface area contributed by atoms with Gasteiger partial charge in [-0.1, -0.05) is 38.5 Å². The summed E-state index contributed by atoms with van der Waals surface area (Å²) < 4.78 is 0. The third-order valence-corrected chi connectivity index (χ3v) is 7.68. The molecule has 0 saturated heterocycles. The highest BCUT2D eigenvalue weighted by Gasteiger charge is 2.30. The number of thiophene rings is 1. The fraction of sp³-hybridized carbons (Fsp3) is 0.625. The number of rotatable bonds is 4. The van der Waals surface area contributed by atoms with Gasteiger partial charge in [0.25, 0.3) is 0 Å². The molecule has 0 aromatic carbocycles. The Morgan fingerprint density at radius 3 is 2.64 bits per heavy atom. The lowest BCUT2D eigenvalue weighted by molar-refractivity contribution is 0.0702. The molecule has 0 bridgehead atoms. The van der Waals surface area contributed by atoms with Gasteiger partial charge in [0.15, 0.2) is 0 Å². The van der Waals surface area contributed by atoms with Gasteiger partial charge in [0.05, 0.1) is 4.88 Å². The van der Waals surface area contributed by atoms with Crippen LogP contribution in [0.25, 0.3) is 5.57 Å². The van der Waals surface area contributed by atoms with Gasteiger partial charge in [0, 0.05) is 24.6 Å². The van der Waals surface area contributed by atoms with Crippen molar-refractivity contribution in [3.63, 3.8) is 0 Å². The highest BCUT2D eigenvalue weighted by molar-refractivity contribution is 7.14. The zero-order chi connectivity index (χ0) is 19.7. The third-order valence-electron chi connectivity index (χ3n) is 6.64. The van der Waals surface area contributed by atoms with Crippen molar-refractivity contribution in [1.82, 2.24) is 4.90 Å². The van der Waals surface area contributed by atoms with Gasteiger partial charge in [-0.3, -0.25) is 4.90 Å². The molecule has 2 saturated carbocycles. The molecule has 0 radical (unpaired) electrons. The van der Waals surface area contributed by atoms with E-state index in [9.17, 15) is 9.90 Å². The zero-order valence-corrected chi connectivity index (χ0v) is 17.9. The van der Waals surface area contributed by atoms with Crippen molar-refractivity contribution in [3.05, 3.63) is 27.0 Å². The first-order chi connectivity index (χ1) is 13.5. The van der Waals surface area contributed by atoms with Crippen LogP contribution in [0.1, 0.15) is 78.9 Å². The van der Waals surface area contributed by atoms with E-state index in [2.05, 4.69) is 36.7 Å². The van der Waals surface area contributed by atoms with Gasteiger partial charge in [-0.15, -0.1) is 11.3 Å². The molecule has 2 heterocycles. The van der Waals surface area contributed by atoms with Crippen LogP contribution in [0.3, 0.4) is 0 Å². The lowest BCUT2D eigenvalue weighted by Gasteiger charge is -2.36. The number of carbonyl (C=O) groups is 1. The summed E-state index contributed by atoms with van der Waals surface area (Å²) in [6, 6.07) is 2.08. The molecule has 3 nitrogen and oxygen atoms in total. The van der Waals surface area contributed by atoms with Crippen LogP contribution in [0.15, 0.2) is 11.6 Å². The fourth-order valence-corrected chi connectivity index (χ4v) is 5.53. The van der Waals surface area contributed by atoms with Gasteiger partial charge in [0.1, 0.15) is 4.88 Å². The molecule has 1 aromatic heterocycles. The molecule has 28 heavy (non-hydrogen) atoms. The van der Waals surface area contributed by atoms with Crippen molar-refractivity contribution in [2.45, 2.75) is 58.8 Å². The summed E-state index contributed by atoms with van der Waals surface area (Å²) in [6.07, 6.45) is 8.43. The molecule has 4 heteroatoms. The van der Waals surface area contributed by atoms with E-state index in [0.717, 1.165) is 42.4 Å². The van der Waals surface area contributed by atoms with Crippen LogP contribution in [0.5, 0.6) is 0 Å². The van der Waals surface area contributed by atoms with Crippen molar-refractivity contribution >= 4 is 22.9 Å². The van der Waals surface area contributed by atoms with Crippen LogP contribution in [-0.2, 0) is 0 Å². The lowest BCUT2D eigenvalue weighted by atomic mass is 9.75. The number of nitrogens with zero attached hydrogens (tertiary/aromatic N) is 1. The molecular weight excluding hydrogens is 366 g/mol. The van der Waals surface area contributed by atoms with Crippen LogP contribution in [0.2, 0.25) is 0 Å². The van der Waals surface area contributed by atoms with E-state index in [4.69, 9.17) is 0 Å². The topological polar surface area (TPSA) is 40.5 Å². The van der Waals surface area contributed by atoms with Gasteiger partial charge in [-0.25, -0.2) is 4.79 Å². The average Bonchev–Trinajstić information content (AvgIpc) is 3.43. The van der Waals surface area contributed by atoms with E-state index >= 15 is 0 Å². The maximum Gasteiger partial charge on any atom is 0.346 e. The molecular formula is C24H31NO2S. The van der Waals surface area contributed by atoms with Gasteiger partial charge in [-0.05, 0) is 67.7 Å².